The summed E-state index contributed by atoms with van der Waals surface area (Å²) in [5.74, 6) is 14.7. The molecule has 2 aliphatic rings. The van der Waals surface area contributed by atoms with Crippen molar-refractivity contribution in [3.8, 4) is 0 Å². The molecular formula is C20H30Cl4Co2. The average molecular weight is 530 g/mol. The van der Waals surface area contributed by atoms with Crippen LogP contribution in [0.4, 0.5) is 0 Å². The summed E-state index contributed by atoms with van der Waals surface area (Å²) in [5, 5.41) is 0. The van der Waals surface area contributed by atoms with E-state index < -0.39 is 0 Å². The summed E-state index contributed by atoms with van der Waals surface area (Å²) < 4.78 is 0. The van der Waals surface area contributed by atoms with Crippen molar-refractivity contribution in [2.75, 3.05) is 0 Å². The Kier molecular flexibility index (Phi) is 18.6. The molecule has 0 amide bonds. The molecule has 0 atom stereocenters. The molecule has 0 nitrogen and oxygen atoms in total. The minimum atomic E-state index is 0.382. The molecule has 156 valence electrons. The third-order valence-electron chi connectivity index (χ3n) is 5.62. The van der Waals surface area contributed by atoms with Crippen LogP contribution in [0.5, 0.6) is 0 Å². The Balaban J connectivity index is 0. The SMILES string of the molecule is C[C]1[C](C)[C](C)[C](C)[C]1C.C[C]1[C](C)[C](C)[C](C)[C]1C.[Cl][Co][Cl].[Cl][Co][Cl]. The monoisotopic (exact) mass is 528 g/mol. The van der Waals surface area contributed by atoms with Crippen LogP contribution in [0, 0.1) is 59.2 Å². The molecule has 0 heterocycles. The first-order valence-corrected chi connectivity index (χ1v) is 13.7. The van der Waals surface area contributed by atoms with Gasteiger partial charge in [-0.05, 0) is 59.2 Å². The standard InChI is InChI=1S/2C10H15.4ClH.2Co/c2*1-6-7(2)9(4)10(5)8(6)3;;;;;;/h2*1-5H3;4*1H;;/q;;;;;;2*+2/p-4. The predicted octanol–water partition coefficient (Wildman–Crippen LogP) is 8.70. The van der Waals surface area contributed by atoms with Crippen LogP contribution in [0.2, 0.25) is 0 Å². The van der Waals surface area contributed by atoms with Gasteiger partial charge in [0.15, 0.2) is 0 Å². The van der Waals surface area contributed by atoms with Gasteiger partial charge in [-0.15, -0.1) is 0 Å². The maximum absolute atomic E-state index is 4.73. The normalized spacial score (nSPS) is 23.6. The molecule has 0 N–H and O–H groups in total. The van der Waals surface area contributed by atoms with Crippen LogP contribution in [-0.2, 0) is 25.8 Å². The van der Waals surface area contributed by atoms with Crippen LogP contribution >= 0.6 is 40.6 Å². The van der Waals surface area contributed by atoms with Gasteiger partial charge in [-0.1, -0.05) is 69.2 Å². The number of halogens is 4. The van der Waals surface area contributed by atoms with E-state index >= 15 is 0 Å². The number of hydrogen-bond donors (Lipinski definition) is 0. The molecule has 26 heavy (non-hydrogen) atoms. The first-order chi connectivity index (χ1) is 11.9. The van der Waals surface area contributed by atoms with Crippen molar-refractivity contribution in [1.82, 2.24) is 0 Å². The molecule has 2 fully saturated rings. The Bertz CT molecular complexity index is 224. The molecule has 2 aliphatic carbocycles. The molecular weight excluding hydrogens is 500 g/mol. The van der Waals surface area contributed by atoms with Crippen molar-refractivity contribution in [3.05, 3.63) is 59.2 Å². The molecule has 0 unspecified atom stereocenters. The molecule has 0 spiro atoms. The Labute approximate surface area is 193 Å². The van der Waals surface area contributed by atoms with E-state index in [1.165, 1.54) is 59.2 Å². The van der Waals surface area contributed by atoms with E-state index in [1.54, 1.807) is 0 Å². The fourth-order valence-corrected chi connectivity index (χ4v) is 2.81. The first kappa shape index (κ1) is 30.4. The van der Waals surface area contributed by atoms with Crippen LogP contribution in [0.15, 0.2) is 0 Å². The van der Waals surface area contributed by atoms with Gasteiger partial charge < -0.3 is 0 Å². The topological polar surface area (TPSA) is 0 Å². The van der Waals surface area contributed by atoms with Gasteiger partial charge in [-0.3, -0.25) is 0 Å². The summed E-state index contributed by atoms with van der Waals surface area (Å²) in [6, 6.07) is 0. The Morgan fingerprint density at radius 2 is 0.346 bits per heavy atom. The van der Waals surface area contributed by atoms with E-state index in [0.717, 1.165) is 0 Å². The second-order valence-electron chi connectivity index (χ2n) is 6.35. The molecule has 2 rings (SSSR count). The minimum absolute atomic E-state index is 0.382. The van der Waals surface area contributed by atoms with E-state index in [9.17, 15) is 0 Å². The quantitative estimate of drug-likeness (QED) is 0.294. The van der Waals surface area contributed by atoms with E-state index in [4.69, 9.17) is 40.6 Å². The first-order valence-electron chi connectivity index (χ1n) is 8.00. The summed E-state index contributed by atoms with van der Waals surface area (Å²) in [4.78, 5) is 0. The van der Waals surface area contributed by atoms with E-state index in [-0.39, 0.29) is 0 Å². The summed E-state index contributed by atoms with van der Waals surface area (Å²) in [7, 11) is 18.9. The zero-order valence-corrected chi connectivity index (χ0v) is 22.3. The number of hydrogen-bond acceptors (Lipinski definition) is 0. The Hall–Kier alpha value is 2.17. The van der Waals surface area contributed by atoms with Crippen molar-refractivity contribution in [3.63, 3.8) is 0 Å². The van der Waals surface area contributed by atoms with Gasteiger partial charge in [0.2, 0.25) is 0 Å². The summed E-state index contributed by atoms with van der Waals surface area (Å²) in [6.45, 7) is 22.0. The fourth-order valence-electron chi connectivity index (χ4n) is 2.81. The van der Waals surface area contributed by atoms with Gasteiger partial charge in [0.1, 0.15) is 0 Å². The predicted molar refractivity (Wildman–Crippen MR) is 113 cm³/mol. The van der Waals surface area contributed by atoms with Crippen molar-refractivity contribution in [2.45, 2.75) is 69.2 Å². The molecule has 0 aromatic carbocycles. The molecule has 0 saturated heterocycles. The van der Waals surface area contributed by atoms with Gasteiger partial charge in [0, 0.05) is 0 Å². The third kappa shape index (κ3) is 9.33. The second kappa shape index (κ2) is 15.9. The molecule has 0 aromatic rings. The summed E-state index contributed by atoms with van der Waals surface area (Å²) in [5.41, 5.74) is 0. The fraction of sp³-hybridized carbons (Fsp3) is 0.500. The maximum atomic E-state index is 4.73. The molecule has 10 radical (unpaired) electrons. The van der Waals surface area contributed by atoms with E-state index in [2.05, 4.69) is 69.2 Å². The van der Waals surface area contributed by atoms with Gasteiger partial charge in [-0.2, -0.15) is 0 Å². The Morgan fingerprint density at radius 1 is 0.308 bits per heavy atom. The summed E-state index contributed by atoms with van der Waals surface area (Å²) >= 11 is 0.764. The molecule has 6 heteroatoms. The zero-order valence-electron chi connectivity index (χ0n) is 17.2. The zero-order chi connectivity index (χ0) is 21.2. The molecule has 0 bridgehead atoms. The van der Waals surface area contributed by atoms with Crippen LogP contribution in [0.3, 0.4) is 0 Å². The van der Waals surface area contributed by atoms with Crippen LogP contribution < -0.4 is 0 Å². The second-order valence-corrected chi connectivity index (χ2v) is 9.78. The van der Waals surface area contributed by atoms with Gasteiger partial charge in [0.25, 0.3) is 0 Å². The Morgan fingerprint density at radius 3 is 0.385 bits per heavy atom. The van der Waals surface area contributed by atoms with Crippen molar-refractivity contribution in [1.29, 1.82) is 0 Å². The van der Waals surface area contributed by atoms with Gasteiger partial charge in [-0.25, -0.2) is 0 Å². The summed E-state index contributed by atoms with van der Waals surface area (Å²) in [6.07, 6.45) is 0. The van der Waals surface area contributed by atoms with E-state index in [0.29, 0.717) is 25.8 Å². The van der Waals surface area contributed by atoms with Crippen molar-refractivity contribution >= 4 is 40.6 Å². The van der Waals surface area contributed by atoms with E-state index in [1.807, 2.05) is 0 Å². The van der Waals surface area contributed by atoms with Crippen LogP contribution in [-0.4, -0.2) is 0 Å². The average Bonchev–Trinajstić information content (AvgIpc) is 2.87. The van der Waals surface area contributed by atoms with Crippen LogP contribution in [0.25, 0.3) is 0 Å². The molecule has 2 saturated carbocycles. The third-order valence-corrected chi connectivity index (χ3v) is 5.62. The molecule has 0 aliphatic heterocycles. The van der Waals surface area contributed by atoms with Gasteiger partial charge in [0.05, 0.1) is 0 Å². The van der Waals surface area contributed by atoms with Crippen LogP contribution in [0.1, 0.15) is 69.2 Å². The van der Waals surface area contributed by atoms with Crippen molar-refractivity contribution in [2.24, 2.45) is 0 Å². The number of rotatable bonds is 0. The molecule has 0 aromatic heterocycles. The van der Waals surface area contributed by atoms with Crippen molar-refractivity contribution < 1.29 is 25.8 Å². The van der Waals surface area contributed by atoms with Gasteiger partial charge >= 0.3 is 66.4 Å².